The van der Waals surface area contributed by atoms with Crippen LogP contribution in [0.15, 0.2) is 22.7 Å². The molecule has 0 heterocycles. The summed E-state index contributed by atoms with van der Waals surface area (Å²) in [4.78, 5) is 12.2. The fourth-order valence-corrected chi connectivity index (χ4v) is 3.09. The first-order valence-electron chi connectivity index (χ1n) is 6.45. The van der Waals surface area contributed by atoms with Crippen LogP contribution in [-0.2, 0) is 0 Å². The zero-order chi connectivity index (χ0) is 13.9. The molecular weight excluding hydrogens is 313 g/mol. The number of benzene rings is 1. The van der Waals surface area contributed by atoms with Crippen molar-refractivity contribution in [3.05, 3.63) is 34.1 Å². The second-order valence-electron chi connectivity index (χ2n) is 5.05. The Bertz CT molecular complexity index is 452. The second-order valence-corrected chi connectivity index (χ2v) is 5.90. The number of rotatable bonds is 3. The Morgan fingerprint density at radius 2 is 2.05 bits per heavy atom. The Balaban J connectivity index is 2.20. The maximum Gasteiger partial charge on any atom is 0.255 e. The van der Waals surface area contributed by atoms with Crippen molar-refractivity contribution in [3.8, 4) is 0 Å². The van der Waals surface area contributed by atoms with E-state index in [1.54, 1.807) is 12.1 Å². The lowest BCUT2D eigenvalue weighted by Gasteiger charge is -2.36. The van der Waals surface area contributed by atoms with Crippen molar-refractivity contribution in [3.63, 3.8) is 0 Å². The number of hydrogen-bond donors (Lipinski definition) is 2. The summed E-state index contributed by atoms with van der Waals surface area (Å²) in [7, 11) is 0. The van der Waals surface area contributed by atoms with Gasteiger partial charge in [0.1, 0.15) is 5.82 Å². The number of nitrogens with one attached hydrogen (secondary N) is 1. The van der Waals surface area contributed by atoms with E-state index in [0.29, 0.717) is 4.47 Å². The molecule has 1 aromatic rings. The molecule has 0 atom stereocenters. The summed E-state index contributed by atoms with van der Waals surface area (Å²) in [6.07, 6.45) is 4.53. The molecule has 0 radical (unpaired) electrons. The molecule has 3 nitrogen and oxygen atoms in total. The van der Waals surface area contributed by atoms with E-state index >= 15 is 0 Å². The van der Waals surface area contributed by atoms with Gasteiger partial charge in [0.2, 0.25) is 0 Å². The molecule has 0 saturated heterocycles. The zero-order valence-corrected chi connectivity index (χ0v) is 12.2. The normalized spacial score (nSPS) is 18.1. The second kappa shape index (κ2) is 6.01. The SMILES string of the molecule is O=C(NC1(CO)CCCCC1)c1c(F)cccc1Br. The van der Waals surface area contributed by atoms with Gasteiger partial charge in [-0.1, -0.05) is 25.3 Å². The molecule has 0 bridgehead atoms. The predicted molar refractivity (Wildman–Crippen MR) is 74.5 cm³/mol. The molecular formula is C14H17BrFNO2. The molecule has 1 aliphatic carbocycles. The molecule has 1 saturated carbocycles. The van der Waals surface area contributed by atoms with Crippen LogP contribution in [0.4, 0.5) is 4.39 Å². The fraction of sp³-hybridized carbons (Fsp3) is 0.500. The quantitative estimate of drug-likeness (QED) is 0.895. The van der Waals surface area contributed by atoms with Gasteiger partial charge in [-0.15, -0.1) is 0 Å². The summed E-state index contributed by atoms with van der Waals surface area (Å²) in [5, 5.41) is 12.4. The van der Waals surface area contributed by atoms with Crippen molar-refractivity contribution >= 4 is 21.8 Å². The summed E-state index contributed by atoms with van der Waals surface area (Å²) in [5.41, 5.74) is -0.599. The lowest BCUT2D eigenvalue weighted by Crippen LogP contribution is -2.52. The van der Waals surface area contributed by atoms with Crippen molar-refractivity contribution in [2.45, 2.75) is 37.6 Å². The van der Waals surface area contributed by atoms with Crippen molar-refractivity contribution in [1.29, 1.82) is 0 Å². The van der Waals surface area contributed by atoms with Crippen LogP contribution in [0.5, 0.6) is 0 Å². The first-order valence-corrected chi connectivity index (χ1v) is 7.25. The minimum absolute atomic E-state index is 0.000832. The van der Waals surface area contributed by atoms with E-state index < -0.39 is 17.3 Å². The molecule has 1 aromatic carbocycles. The van der Waals surface area contributed by atoms with Gasteiger partial charge < -0.3 is 10.4 Å². The number of hydrogen-bond acceptors (Lipinski definition) is 2. The minimum atomic E-state index is -0.600. The number of aliphatic hydroxyl groups excluding tert-OH is 1. The summed E-state index contributed by atoms with van der Waals surface area (Å²) in [5.74, 6) is -1.03. The van der Waals surface area contributed by atoms with E-state index in [9.17, 15) is 14.3 Å². The van der Waals surface area contributed by atoms with Gasteiger partial charge in [-0.05, 0) is 40.9 Å². The van der Waals surface area contributed by atoms with Crippen LogP contribution in [0.25, 0.3) is 0 Å². The van der Waals surface area contributed by atoms with Crippen LogP contribution >= 0.6 is 15.9 Å². The number of amides is 1. The summed E-state index contributed by atoms with van der Waals surface area (Å²) in [6, 6.07) is 4.43. The summed E-state index contributed by atoms with van der Waals surface area (Å²) in [6.45, 7) is -0.106. The molecule has 1 aliphatic rings. The van der Waals surface area contributed by atoms with E-state index in [-0.39, 0.29) is 12.2 Å². The minimum Gasteiger partial charge on any atom is -0.394 e. The lowest BCUT2D eigenvalue weighted by molar-refractivity contribution is 0.0754. The van der Waals surface area contributed by atoms with Gasteiger partial charge >= 0.3 is 0 Å². The van der Waals surface area contributed by atoms with E-state index in [1.807, 2.05) is 0 Å². The largest absolute Gasteiger partial charge is 0.394 e. The molecule has 1 fully saturated rings. The molecule has 2 rings (SSSR count). The van der Waals surface area contributed by atoms with Crippen molar-refractivity contribution in [1.82, 2.24) is 5.32 Å². The van der Waals surface area contributed by atoms with E-state index in [1.165, 1.54) is 6.07 Å². The smallest absolute Gasteiger partial charge is 0.255 e. The standard InChI is InChI=1S/C14H17BrFNO2/c15-10-5-4-6-11(16)12(10)13(19)17-14(9-18)7-2-1-3-8-14/h4-6,18H,1-3,7-9H2,(H,17,19). The molecule has 0 aliphatic heterocycles. The highest BCUT2D eigenvalue weighted by Gasteiger charge is 2.34. The molecule has 0 unspecified atom stereocenters. The molecule has 19 heavy (non-hydrogen) atoms. The molecule has 104 valence electrons. The predicted octanol–water partition coefficient (Wildman–Crippen LogP) is 3.01. The Morgan fingerprint density at radius 3 is 2.63 bits per heavy atom. The Hall–Kier alpha value is -0.940. The Labute approximate surface area is 120 Å². The number of carbonyl (C=O) groups is 1. The topological polar surface area (TPSA) is 49.3 Å². The first-order chi connectivity index (χ1) is 9.08. The third-order valence-electron chi connectivity index (χ3n) is 3.68. The molecule has 2 N–H and O–H groups in total. The van der Waals surface area contributed by atoms with Crippen LogP contribution in [-0.4, -0.2) is 23.2 Å². The molecule has 5 heteroatoms. The third-order valence-corrected chi connectivity index (χ3v) is 4.34. The van der Waals surface area contributed by atoms with Crippen LogP contribution in [0, 0.1) is 5.82 Å². The highest BCUT2D eigenvalue weighted by Crippen LogP contribution is 2.29. The number of halogens is 2. The van der Waals surface area contributed by atoms with Crippen molar-refractivity contribution in [2.24, 2.45) is 0 Å². The van der Waals surface area contributed by atoms with Crippen molar-refractivity contribution < 1.29 is 14.3 Å². The maximum absolute atomic E-state index is 13.7. The molecule has 1 amide bonds. The van der Waals surface area contributed by atoms with Gasteiger partial charge in [-0.2, -0.15) is 0 Å². The molecule has 0 spiro atoms. The highest BCUT2D eigenvalue weighted by molar-refractivity contribution is 9.10. The van der Waals surface area contributed by atoms with Gasteiger partial charge in [-0.3, -0.25) is 4.79 Å². The van der Waals surface area contributed by atoms with Gasteiger partial charge in [-0.25, -0.2) is 4.39 Å². The molecule has 0 aromatic heterocycles. The van der Waals surface area contributed by atoms with Gasteiger partial charge in [0.15, 0.2) is 0 Å². The monoisotopic (exact) mass is 329 g/mol. The van der Waals surface area contributed by atoms with E-state index in [4.69, 9.17) is 0 Å². The highest BCUT2D eigenvalue weighted by atomic mass is 79.9. The Morgan fingerprint density at radius 1 is 1.37 bits per heavy atom. The fourth-order valence-electron chi connectivity index (χ4n) is 2.57. The average Bonchev–Trinajstić information content (AvgIpc) is 2.39. The third kappa shape index (κ3) is 3.15. The van der Waals surface area contributed by atoms with Gasteiger partial charge in [0, 0.05) is 4.47 Å². The van der Waals surface area contributed by atoms with Gasteiger partial charge in [0.25, 0.3) is 5.91 Å². The number of carbonyl (C=O) groups excluding carboxylic acids is 1. The zero-order valence-electron chi connectivity index (χ0n) is 10.6. The van der Waals surface area contributed by atoms with Crippen molar-refractivity contribution in [2.75, 3.05) is 6.61 Å². The van der Waals surface area contributed by atoms with Gasteiger partial charge in [0.05, 0.1) is 17.7 Å². The average molecular weight is 330 g/mol. The lowest BCUT2D eigenvalue weighted by atomic mass is 9.82. The number of aliphatic hydroxyl groups is 1. The first kappa shape index (κ1) is 14.5. The van der Waals surface area contributed by atoms with Crippen LogP contribution < -0.4 is 5.32 Å². The van der Waals surface area contributed by atoms with Crippen LogP contribution in [0.3, 0.4) is 0 Å². The Kier molecular flexibility index (Phi) is 4.58. The van der Waals surface area contributed by atoms with Crippen LogP contribution in [0.2, 0.25) is 0 Å². The summed E-state index contributed by atoms with van der Waals surface area (Å²) < 4.78 is 14.2. The van der Waals surface area contributed by atoms with E-state index in [2.05, 4.69) is 21.2 Å². The summed E-state index contributed by atoms with van der Waals surface area (Å²) >= 11 is 3.19. The van der Waals surface area contributed by atoms with E-state index in [0.717, 1.165) is 32.1 Å². The van der Waals surface area contributed by atoms with Crippen LogP contribution in [0.1, 0.15) is 42.5 Å². The maximum atomic E-state index is 13.7.